The minimum absolute atomic E-state index is 0.254. The van der Waals surface area contributed by atoms with E-state index < -0.39 is 41.5 Å². The summed E-state index contributed by atoms with van der Waals surface area (Å²) in [5, 5.41) is 7.75. The third-order valence-electron chi connectivity index (χ3n) is 7.97. The van der Waals surface area contributed by atoms with Gasteiger partial charge in [0, 0.05) is 23.7 Å². The van der Waals surface area contributed by atoms with E-state index in [2.05, 4.69) is 0 Å². The number of piperidine rings is 1. The third kappa shape index (κ3) is 5.14. The van der Waals surface area contributed by atoms with Crippen molar-refractivity contribution in [2.45, 2.75) is 37.0 Å². The highest BCUT2D eigenvalue weighted by molar-refractivity contribution is 6.30. The Morgan fingerprint density at radius 1 is 1.07 bits per heavy atom. The van der Waals surface area contributed by atoms with Gasteiger partial charge in [-0.2, -0.15) is 13.2 Å². The van der Waals surface area contributed by atoms with Crippen LogP contribution in [0.5, 0.6) is 5.75 Å². The van der Waals surface area contributed by atoms with E-state index in [1.54, 1.807) is 7.11 Å². The molecular weight excluding hydrogens is 569 g/mol. The quantitative estimate of drug-likeness (QED) is 0.410. The summed E-state index contributed by atoms with van der Waals surface area (Å²) in [5.41, 5.74) is 1.47. The van der Waals surface area contributed by atoms with Crippen molar-refractivity contribution in [3.63, 3.8) is 0 Å². The summed E-state index contributed by atoms with van der Waals surface area (Å²) < 4.78 is 42.7. The highest BCUT2D eigenvalue weighted by Gasteiger charge is 2.72. The molecular formula is C28H28ClF3N2O7. The van der Waals surface area contributed by atoms with E-state index in [0.717, 1.165) is 29.5 Å². The van der Waals surface area contributed by atoms with E-state index in [4.69, 9.17) is 31.0 Å². The van der Waals surface area contributed by atoms with E-state index in [1.807, 2.05) is 47.4 Å². The maximum atomic E-state index is 13.3. The maximum Gasteiger partial charge on any atom is 0.490 e. The number of methoxy groups -OCH3 is 2. The standard InChI is InChI=1S/C26H27ClN2O5.C2HF3O2/c1-28-23(30)20-21(24(28)31)26(25(32)34-3)11-4-5-12-29(26)22(20)16-9-10-18(19(14-16)33-2)15-7-6-8-17(27)13-15;3-2(4,5)1(6)7/h6-10,13-14,20-22H,4-5,11-12H2,1-3H3;(H,6,7)/t20-,21-,22+,26-;/m0./s1. The minimum Gasteiger partial charge on any atom is -0.496 e. The Morgan fingerprint density at radius 2 is 1.76 bits per heavy atom. The first-order chi connectivity index (χ1) is 19.3. The summed E-state index contributed by atoms with van der Waals surface area (Å²) in [6.07, 6.45) is -2.92. The van der Waals surface area contributed by atoms with Crippen LogP contribution in [0.15, 0.2) is 42.5 Å². The maximum absolute atomic E-state index is 13.3. The van der Waals surface area contributed by atoms with Gasteiger partial charge in [-0.25, -0.2) is 4.79 Å². The molecule has 9 nitrogen and oxygen atoms in total. The van der Waals surface area contributed by atoms with Crippen LogP contribution in [0, 0.1) is 11.8 Å². The number of rotatable bonds is 4. The molecule has 3 fully saturated rings. The number of amides is 2. The van der Waals surface area contributed by atoms with Gasteiger partial charge in [0.1, 0.15) is 11.3 Å². The molecule has 2 aromatic carbocycles. The number of fused-ring (bicyclic) bond motifs is 3. The summed E-state index contributed by atoms with van der Waals surface area (Å²) in [6, 6.07) is 12.9. The number of hydrogen-bond donors (Lipinski definition) is 1. The van der Waals surface area contributed by atoms with Gasteiger partial charge in [-0.1, -0.05) is 35.9 Å². The van der Waals surface area contributed by atoms with Gasteiger partial charge in [0.25, 0.3) is 0 Å². The number of nitrogens with zero attached hydrogens (tertiary/aromatic N) is 2. The van der Waals surface area contributed by atoms with Crippen LogP contribution in [-0.2, 0) is 23.9 Å². The SMILES string of the molecule is COC(=O)[C@@]12CCCCN1[C@H](c1ccc(-c3cccc(Cl)c3)c(OC)c1)[C@H]1C(=O)N(C)C(=O)[C@H]12.O=C(O)C(F)(F)F. The number of benzene rings is 2. The molecule has 1 N–H and O–H groups in total. The lowest BCUT2D eigenvalue weighted by Gasteiger charge is -2.44. The molecule has 0 saturated carbocycles. The normalized spacial score (nSPS) is 25.6. The second kappa shape index (κ2) is 11.3. The third-order valence-corrected chi connectivity index (χ3v) is 8.20. The molecule has 0 aromatic heterocycles. The van der Waals surface area contributed by atoms with Crippen molar-refractivity contribution in [1.82, 2.24) is 9.80 Å². The number of aliphatic carboxylic acids is 1. The Bertz CT molecular complexity index is 1380. The molecule has 0 radical (unpaired) electrons. The highest BCUT2D eigenvalue weighted by atomic mass is 35.5. The summed E-state index contributed by atoms with van der Waals surface area (Å²) in [4.78, 5) is 52.0. The van der Waals surface area contributed by atoms with Crippen LogP contribution in [0.3, 0.4) is 0 Å². The molecule has 13 heteroatoms. The molecule has 41 heavy (non-hydrogen) atoms. The average Bonchev–Trinajstić information content (AvgIpc) is 3.38. The van der Waals surface area contributed by atoms with Gasteiger partial charge in [0.05, 0.1) is 26.1 Å². The lowest BCUT2D eigenvalue weighted by Crippen LogP contribution is -2.59. The van der Waals surface area contributed by atoms with Crippen molar-refractivity contribution in [1.29, 1.82) is 0 Å². The molecule has 4 atom stereocenters. The first-order valence-electron chi connectivity index (χ1n) is 12.7. The number of alkyl halides is 3. The molecule has 0 unspecified atom stereocenters. The van der Waals surface area contributed by atoms with Crippen molar-refractivity contribution < 1.29 is 46.9 Å². The first kappa shape index (κ1) is 30.3. The number of carbonyl (C=O) groups is 4. The zero-order chi connectivity index (χ0) is 30.3. The van der Waals surface area contributed by atoms with Crippen LogP contribution < -0.4 is 4.74 Å². The Morgan fingerprint density at radius 3 is 2.34 bits per heavy atom. The Balaban J connectivity index is 0.000000493. The molecule has 2 amide bonds. The van der Waals surface area contributed by atoms with Gasteiger partial charge in [0.2, 0.25) is 11.8 Å². The zero-order valence-electron chi connectivity index (χ0n) is 22.4. The van der Waals surface area contributed by atoms with Gasteiger partial charge < -0.3 is 14.6 Å². The van der Waals surface area contributed by atoms with Crippen molar-refractivity contribution in [3.8, 4) is 16.9 Å². The number of hydrogen-bond acceptors (Lipinski definition) is 7. The summed E-state index contributed by atoms with van der Waals surface area (Å²) in [7, 11) is 4.45. The number of imide groups is 1. The van der Waals surface area contributed by atoms with Gasteiger partial charge in [-0.15, -0.1) is 0 Å². The van der Waals surface area contributed by atoms with E-state index >= 15 is 0 Å². The van der Waals surface area contributed by atoms with Crippen LogP contribution in [0.4, 0.5) is 13.2 Å². The monoisotopic (exact) mass is 596 g/mol. The number of ether oxygens (including phenoxy) is 2. The first-order valence-corrected chi connectivity index (χ1v) is 13.1. The second-order valence-corrected chi connectivity index (χ2v) is 10.5. The van der Waals surface area contributed by atoms with Gasteiger partial charge >= 0.3 is 18.1 Å². The van der Waals surface area contributed by atoms with Crippen LogP contribution in [-0.4, -0.2) is 78.2 Å². The molecule has 0 bridgehead atoms. The Labute approximate surface area is 238 Å². The van der Waals surface area contributed by atoms with Crippen LogP contribution in [0.25, 0.3) is 11.1 Å². The lowest BCUT2D eigenvalue weighted by molar-refractivity contribution is -0.192. The van der Waals surface area contributed by atoms with E-state index in [1.165, 1.54) is 19.1 Å². The number of halogens is 4. The molecule has 3 heterocycles. The molecule has 3 aliphatic rings. The number of likely N-dealkylation sites (tertiary alicyclic amines) is 1. The fourth-order valence-electron chi connectivity index (χ4n) is 6.29. The summed E-state index contributed by atoms with van der Waals surface area (Å²) in [5.74, 6) is -4.55. The van der Waals surface area contributed by atoms with Crippen LogP contribution in [0.1, 0.15) is 30.9 Å². The van der Waals surface area contributed by atoms with Gasteiger partial charge in [-0.05, 0) is 55.1 Å². The van der Waals surface area contributed by atoms with Crippen molar-refractivity contribution in [2.75, 3.05) is 27.8 Å². The number of carboxylic acids is 1. The fourth-order valence-corrected chi connectivity index (χ4v) is 6.48. The summed E-state index contributed by atoms with van der Waals surface area (Å²) in [6.45, 7) is 0.607. The molecule has 0 aliphatic carbocycles. The van der Waals surface area contributed by atoms with E-state index in [-0.39, 0.29) is 11.8 Å². The number of carboxylic acid groups (broad SMARTS) is 1. The molecule has 0 spiro atoms. The average molecular weight is 597 g/mol. The second-order valence-electron chi connectivity index (χ2n) is 10.0. The number of carbonyl (C=O) groups excluding carboxylic acids is 3. The van der Waals surface area contributed by atoms with E-state index in [0.29, 0.717) is 23.7 Å². The molecule has 3 saturated heterocycles. The fraction of sp³-hybridized carbons (Fsp3) is 0.429. The van der Waals surface area contributed by atoms with Crippen molar-refractivity contribution in [3.05, 3.63) is 53.1 Å². The molecule has 5 rings (SSSR count). The van der Waals surface area contributed by atoms with Crippen LogP contribution >= 0.6 is 11.6 Å². The molecule has 3 aliphatic heterocycles. The minimum atomic E-state index is -5.08. The van der Waals surface area contributed by atoms with Gasteiger partial charge in [0.15, 0.2) is 0 Å². The largest absolute Gasteiger partial charge is 0.496 e. The molecule has 2 aromatic rings. The predicted molar refractivity (Wildman–Crippen MR) is 140 cm³/mol. The zero-order valence-corrected chi connectivity index (χ0v) is 23.2. The number of esters is 1. The Hall–Kier alpha value is -3.64. The molecule has 220 valence electrons. The predicted octanol–water partition coefficient (Wildman–Crippen LogP) is 4.33. The highest BCUT2D eigenvalue weighted by Crippen LogP contribution is 2.58. The smallest absolute Gasteiger partial charge is 0.490 e. The van der Waals surface area contributed by atoms with Crippen molar-refractivity contribution >= 4 is 35.4 Å². The van der Waals surface area contributed by atoms with Crippen LogP contribution in [0.2, 0.25) is 5.02 Å². The van der Waals surface area contributed by atoms with Crippen molar-refractivity contribution in [2.24, 2.45) is 11.8 Å². The van der Waals surface area contributed by atoms with E-state index in [9.17, 15) is 27.6 Å². The van der Waals surface area contributed by atoms with Gasteiger partial charge in [-0.3, -0.25) is 24.2 Å². The topological polar surface area (TPSA) is 113 Å². The lowest BCUT2D eigenvalue weighted by atomic mass is 9.75. The Kier molecular flexibility index (Phi) is 8.38. The summed E-state index contributed by atoms with van der Waals surface area (Å²) >= 11 is 6.20.